The Morgan fingerprint density at radius 2 is 1.27 bits per heavy atom. The largest absolute Gasteiger partial charge is 0.494 e. The molecule has 0 heterocycles. The summed E-state index contributed by atoms with van der Waals surface area (Å²) in [4.78, 5) is 38.6. The summed E-state index contributed by atoms with van der Waals surface area (Å²) >= 11 is 2.14. The normalized spacial score (nSPS) is 10.3. The van der Waals surface area contributed by atoms with E-state index in [1.54, 1.807) is 48.5 Å². The Bertz CT molecular complexity index is 1670. The predicted molar refractivity (Wildman–Crippen MR) is 177 cm³/mol. The molecule has 0 unspecified atom stereocenters. The number of esters is 3. The first-order valence-corrected chi connectivity index (χ1v) is 15.4. The molecule has 0 saturated heterocycles. The molecule has 0 aliphatic rings. The van der Waals surface area contributed by atoms with Crippen molar-refractivity contribution in [1.82, 2.24) is 0 Å². The number of hydrogen-bond donors (Lipinski definition) is 1. The first-order valence-electron chi connectivity index (χ1n) is 14.3. The fourth-order valence-electron chi connectivity index (χ4n) is 3.84. The number of benzene rings is 4. The highest BCUT2D eigenvalue weighted by Gasteiger charge is 2.20. The molecule has 0 saturated carbocycles. The average molecular weight is 719 g/mol. The molecule has 4 aromatic rings. The van der Waals surface area contributed by atoms with Crippen LogP contribution in [0.3, 0.4) is 0 Å². The molecule has 0 aromatic heterocycles. The van der Waals surface area contributed by atoms with Crippen molar-refractivity contribution in [2.45, 2.75) is 26.2 Å². The highest BCUT2D eigenvalue weighted by molar-refractivity contribution is 14.1. The lowest BCUT2D eigenvalue weighted by Gasteiger charge is -2.12. The number of unbranched alkanes of at least 4 members (excludes halogenated alkanes) is 1. The number of carbonyl (C=O) groups excluding carboxylic acids is 3. The molecule has 0 atom stereocenters. The maximum atomic E-state index is 13.0. The van der Waals surface area contributed by atoms with Crippen molar-refractivity contribution in [3.05, 3.63) is 122 Å². The Balaban J connectivity index is 1.45. The van der Waals surface area contributed by atoms with Gasteiger partial charge in [0.25, 0.3) is 0 Å². The van der Waals surface area contributed by atoms with Crippen molar-refractivity contribution in [1.29, 1.82) is 0 Å². The van der Waals surface area contributed by atoms with E-state index in [2.05, 4.69) is 34.4 Å². The molecular formula is C36H31IO8. The van der Waals surface area contributed by atoms with Crippen LogP contribution < -0.4 is 14.2 Å². The summed E-state index contributed by atoms with van der Waals surface area (Å²) in [5, 5.41) is 8.86. The number of rotatable bonds is 12. The minimum absolute atomic E-state index is 0.0248. The van der Waals surface area contributed by atoms with Gasteiger partial charge in [-0.1, -0.05) is 25.2 Å². The van der Waals surface area contributed by atoms with Gasteiger partial charge in [0.05, 0.1) is 24.3 Å². The van der Waals surface area contributed by atoms with Crippen LogP contribution in [0.4, 0.5) is 0 Å². The topological polar surface area (TPSA) is 108 Å². The molecule has 230 valence electrons. The van der Waals surface area contributed by atoms with Crippen LogP contribution in [0.25, 0.3) is 0 Å². The van der Waals surface area contributed by atoms with Crippen LogP contribution >= 0.6 is 22.6 Å². The fourth-order valence-corrected chi connectivity index (χ4v) is 4.20. The maximum absolute atomic E-state index is 13.0. The molecule has 9 heteroatoms. The van der Waals surface area contributed by atoms with E-state index in [4.69, 9.17) is 24.1 Å². The zero-order chi connectivity index (χ0) is 32.0. The van der Waals surface area contributed by atoms with Gasteiger partial charge in [0.15, 0.2) is 0 Å². The molecule has 0 aliphatic heterocycles. The summed E-state index contributed by atoms with van der Waals surface area (Å²) in [6.45, 7) is 2.68. The van der Waals surface area contributed by atoms with Crippen molar-refractivity contribution < 1.29 is 38.4 Å². The highest BCUT2D eigenvalue weighted by atomic mass is 127. The van der Waals surface area contributed by atoms with Gasteiger partial charge in [-0.25, -0.2) is 14.4 Å². The van der Waals surface area contributed by atoms with Crippen LogP contribution in [-0.2, 0) is 4.74 Å². The molecule has 0 spiro atoms. The molecule has 0 aliphatic carbocycles. The van der Waals surface area contributed by atoms with E-state index in [9.17, 15) is 14.4 Å². The highest BCUT2D eigenvalue weighted by Crippen LogP contribution is 2.27. The van der Waals surface area contributed by atoms with Crippen LogP contribution in [0, 0.1) is 15.4 Å². The van der Waals surface area contributed by atoms with E-state index >= 15 is 0 Å². The van der Waals surface area contributed by atoms with E-state index in [1.165, 1.54) is 18.2 Å². The van der Waals surface area contributed by atoms with Gasteiger partial charge in [-0.2, -0.15) is 0 Å². The Morgan fingerprint density at radius 1 is 0.689 bits per heavy atom. The summed E-state index contributed by atoms with van der Waals surface area (Å²) in [6, 6.07) is 24.9. The summed E-state index contributed by atoms with van der Waals surface area (Å²) in [6.07, 6.45) is 2.06. The second-order valence-electron chi connectivity index (χ2n) is 9.71. The zero-order valence-corrected chi connectivity index (χ0v) is 26.7. The second kappa shape index (κ2) is 17.0. The zero-order valence-electron chi connectivity index (χ0n) is 24.6. The number of aliphatic hydroxyl groups excluding tert-OH is 1. The van der Waals surface area contributed by atoms with Gasteiger partial charge >= 0.3 is 17.9 Å². The first-order chi connectivity index (χ1) is 21.9. The monoisotopic (exact) mass is 718 g/mol. The van der Waals surface area contributed by atoms with Crippen LogP contribution in [0.15, 0.2) is 91.0 Å². The Morgan fingerprint density at radius 3 is 1.89 bits per heavy atom. The molecule has 0 amide bonds. The molecule has 0 fully saturated rings. The third kappa shape index (κ3) is 10.2. The SMILES string of the molecule is CCCCOC(=O)c1cc(OC(=O)c2ccc(I)cc2)ccc1OC(=O)c1ccc(C#Cc2ccc(OCCCO)cc2)cc1. The van der Waals surface area contributed by atoms with E-state index in [1.807, 2.05) is 31.2 Å². The lowest BCUT2D eigenvalue weighted by Crippen LogP contribution is -2.14. The van der Waals surface area contributed by atoms with Gasteiger partial charge in [0.2, 0.25) is 0 Å². The number of ether oxygens (including phenoxy) is 4. The standard InChI is InChI=1S/C36H31IO8/c1-2-3-22-43-36(41)32-24-31(44-34(39)28-13-15-29(37)16-14-28)19-20-33(32)45-35(40)27-11-7-25(8-12-27)5-6-26-9-17-30(18-10-26)42-23-4-21-38/h7-20,24,38H,2-4,21-23H2,1H3. The molecule has 1 N–H and O–H groups in total. The minimum Gasteiger partial charge on any atom is -0.494 e. The Kier molecular flexibility index (Phi) is 12.5. The van der Waals surface area contributed by atoms with E-state index in [0.717, 1.165) is 15.6 Å². The third-order valence-electron chi connectivity index (χ3n) is 6.29. The molecule has 45 heavy (non-hydrogen) atoms. The summed E-state index contributed by atoms with van der Waals surface area (Å²) in [7, 11) is 0. The number of aliphatic hydroxyl groups is 1. The third-order valence-corrected chi connectivity index (χ3v) is 7.01. The molecule has 4 aromatic carbocycles. The summed E-state index contributed by atoms with van der Waals surface area (Å²) < 4.78 is 22.9. The van der Waals surface area contributed by atoms with Crippen LogP contribution in [0.1, 0.15) is 68.4 Å². The lowest BCUT2D eigenvalue weighted by molar-refractivity contribution is 0.0492. The Hall–Kier alpha value is -4.66. The average Bonchev–Trinajstić information content (AvgIpc) is 3.05. The van der Waals surface area contributed by atoms with Gasteiger partial charge in [0.1, 0.15) is 22.8 Å². The van der Waals surface area contributed by atoms with Crippen LogP contribution in [0.5, 0.6) is 17.2 Å². The summed E-state index contributed by atoms with van der Waals surface area (Å²) in [5.74, 6) is 4.93. The quantitative estimate of drug-likeness (QED) is 0.0558. The van der Waals surface area contributed by atoms with Crippen molar-refractivity contribution in [2.24, 2.45) is 0 Å². The minimum atomic E-state index is -0.700. The molecular weight excluding hydrogens is 687 g/mol. The first kappa shape index (κ1) is 33.2. The van der Waals surface area contributed by atoms with Crippen molar-refractivity contribution in [3.8, 4) is 29.1 Å². The van der Waals surface area contributed by atoms with Gasteiger partial charge in [-0.3, -0.25) is 0 Å². The molecule has 4 rings (SSSR count). The smallest absolute Gasteiger partial charge is 0.343 e. The van der Waals surface area contributed by atoms with Gasteiger partial charge in [0, 0.05) is 27.7 Å². The Labute approximate surface area is 275 Å². The van der Waals surface area contributed by atoms with Crippen LogP contribution in [0.2, 0.25) is 0 Å². The molecule has 0 radical (unpaired) electrons. The van der Waals surface area contributed by atoms with E-state index < -0.39 is 17.9 Å². The predicted octanol–water partition coefficient (Wildman–Crippen LogP) is 6.85. The maximum Gasteiger partial charge on any atom is 0.343 e. The van der Waals surface area contributed by atoms with E-state index in [0.29, 0.717) is 36.3 Å². The number of hydrogen-bond acceptors (Lipinski definition) is 8. The fraction of sp³-hybridized carbons (Fsp3) is 0.194. The van der Waals surface area contributed by atoms with Crippen molar-refractivity contribution in [2.75, 3.05) is 19.8 Å². The lowest BCUT2D eigenvalue weighted by atomic mass is 10.1. The van der Waals surface area contributed by atoms with Crippen molar-refractivity contribution >= 4 is 40.5 Å². The van der Waals surface area contributed by atoms with Crippen molar-refractivity contribution in [3.63, 3.8) is 0 Å². The second-order valence-corrected chi connectivity index (χ2v) is 11.0. The van der Waals surface area contributed by atoms with Gasteiger partial charge < -0.3 is 24.1 Å². The van der Waals surface area contributed by atoms with Gasteiger partial charge in [-0.15, -0.1) is 0 Å². The number of carbonyl (C=O) groups is 3. The van der Waals surface area contributed by atoms with Crippen LogP contribution in [-0.4, -0.2) is 42.8 Å². The molecule has 0 bridgehead atoms. The summed E-state index contributed by atoms with van der Waals surface area (Å²) in [5.41, 5.74) is 2.04. The number of halogens is 1. The van der Waals surface area contributed by atoms with Gasteiger partial charge in [-0.05, 0) is 120 Å². The van der Waals surface area contributed by atoms with E-state index in [-0.39, 0.29) is 35.8 Å². The molecule has 8 nitrogen and oxygen atoms in total.